The van der Waals surface area contributed by atoms with E-state index in [-0.39, 0.29) is 11.9 Å². The average Bonchev–Trinajstić information content (AvgIpc) is 2.76. The van der Waals surface area contributed by atoms with Gasteiger partial charge < -0.3 is 10.6 Å². The van der Waals surface area contributed by atoms with Crippen molar-refractivity contribution in [1.29, 1.82) is 0 Å². The molecule has 0 saturated heterocycles. The largest absolute Gasteiger partial charge is 0.326 e. The fraction of sp³-hybridized carbons (Fsp3) is 0.333. The summed E-state index contributed by atoms with van der Waals surface area (Å²) in [7, 11) is 1.79. The number of nitrogens with two attached hydrogens (primary N) is 1. The van der Waals surface area contributed by atoms with Gasteiger partial charge in [-0.05, 0) is 31.0 Å². The van der Waals surface area contributed by atoms with Crippen molar-refractivity contribution in [3.63, 3.8) is 0 Å². The molecule has 5 nitrogen and oxygen atoms in total. The van der Waals surface area contributed by atoms with Gasteiger partial charge in [0.15, 0.2) is 0 Å². The van der Waals surface area contributed by atoms with Gasteiger partial charge in [-0.25, -0.2) is 0 Å². The van der Waals surface area contributed by atoms with Gasteiger partial charge in [0.25, 0.3) is 5.91 Å². The first kappa shape index (κ1) is 12.9. The lowest BCUT2D eigenvalue weighted by molar-refractivity contribution is 0.0974. The zero-order chi connectivity index (χ0) is 14.3. The van der Waals surface area contributed by atoms with Gasteiger partial charge in [-0.3, -0.25) is 9.48 Å². The first-order chi connectivity index (χ1) is 9.56. The first-order valence-corrected chi connectivity index (χ1v) is 6.72. The molecule has 2 N–H and O–H groups in total. The molecule has 0 saturated carbocycles. The Bertz CT molecular complexity index is 662. The van der Waals surface area contributed by atoms with Crippen LogP contribution in [0.2, 0.25) is 0 Å². The van der Waals surface area contributed by atoms with Gasteiger partial charge in [0.1, 0.15) is 5.69 Å². The van der Waals surface area contributed by atoms with Gasteiger partial charge in [0.05, 0.1) is 5.69 Å². The number of amides is 1. The maximum atomic E-state index is 12.8. The van der Waals surface area contributed by atoms with Crippen LogP contribution in [-0.2, 0) is 13.5 Å². The molecule has 1 unspecified atom stereocenters. The zero-order valence-corrected chi connectivity index (χ0v) is 11.7. The molecule has 0 radical (unpaired) electrons. The number of benzene rings is 1. The summed E-state index contributed by atoms with van der Waals surface area (Å²) >= 11 is 0. The second-order valence-corrected chi connectivity index (χ2v) is 5.30. The molecular weight excluding hydrogens is 252 g/mol. The third-order valence-corrected chi connectivity index (χ3v) is 3.65. The predicted octanol–water partition coefficient (Wildman–Crippen LogP) is 1.26. The van der Waals surface area contributed by atoms with Crippen LogP contribution in [0, 0.1) is 6.92 Å². The summed E-state index contributed by atoms with van der Waals surface area (Å²) in [4.78, 5) is 14.5. The molecule has 3 rings (SSSR count). The monoisotopic (exact) mass is 270 g/mol. The summed E-state index contributed by atoms with van der Waals surface area (Å²) in [6, 6.07) is 9.72. The highest BCUT2D eigenvalue weighted by molar-refractivity contribution is 6.05. The highest BCUT2D eigenvalue weighted by Gasteiger charge is 2.28. The average molecular weight is 270 g/mol. The molecule has 0 bridgehead atoms. The molecule has 1 aliphatic heterocycles. The Morgan fingerprint density at radius 1 is 1.40 bits per heavy atom. The third-order valence-electron chi connectivity index (χ3n) is 3.65. The Morgan fingerprint density at radius 2 is 2.15 bits per heavy atom. The lowest BCUT2D eigenvalue weighted by Gasteiger charge is -2.32. The molecule has 2 aromatic rings. The summed E-state index contributed by atoms with van der Waals surface area (Å²) in [5.74, 6) is -0.0456. The molecule has 1 aromatic heterocycles. The van der Waals surface area contributed by atoms with Crippen molar-refractivity contribution >= 4 is 11.6 Å². The van der Waals surface area contributed by atoms with E-state index in [1.807, 2.05) is 37.3 Å². The zero-order valence-electron chi connectivity index (χ0n) is 11.7. The van der Waals surface area contributed by atoms with Crippen molar-refractivity contribution in [2.75, 3.05) is 11.4 Å². The molecule has 1 amide bonds. The number of aromatic nitrogens is 2. The van der Waals surface area contributed by atoms with Crippen molar-refractivity contribution in [3.05, 3.63) is 47.3 Å². The van der Waals surface area contributed by atoms with E-state index < -0.39 is 0 Å². The van der Waals surface area contributed by atoms with Gasteiger partial charge in [-0.2, -0.15) is 5.10 Å². The topological polar surface area (TPSA) is 64.2 Å². The van der Waals surface area contributed by atoms with Crippen molar-refractivity contribution in [3.8, 4) is 0 Å². The summed E-state index contributed by atoms with van der Waals surface area (Å²) in [5.41, 5.74) is 9.59. The second kappa shape index (κ2) is 4.76. The minimum Gasteiger partial charge on any atom is -0.326 e. The normalized spacial score (nSPS) is 17.9. The Morgan fingerprint density at radius 3 is 2.85 bits per heavy atom. The van der Waals surface area contributed by atoms with Gasteiger partial charge >= 0.3 is 0 Å². The molecule has 2 heterocycles. The maximum absolute atomic E-state index is 12.8. The molecular formula is C15H18N4O. The van der Waals surface area contributed by atoms with Gasteiger partial charge in [0.2, 0.25) is 0 Å². The predicted molar refractivity (Wildman–Crippen MR) is 77.7 cm³/mol. The lowest BCUT2D eigenvalue weighted by Crippen LogP contribution is -2.46. The van der Waals surface area contributed by atoms with Crippen LogP contribution in [0.3, 0.4) is 0 Å². The van der Waals surface area contributed by atoms with E-state index in [4.69, 9.17) is 5.73 Å². The number of carbonyl (C=O) groups is 1. The van der Waals surface area contributed by atoms with Crippen LogP contribution in [0.5, 0.6) is 0 Å². The molecule has 0 fully saturated rings. The van der Waals surface area contributed by atoms with E-state index in [2.05, 4.69) is 5.10 Å². The third kappa shape index (κ3) is 2.10. The molecule has 0 spiro atoms. The van der Waals surface area contributed by atoms with Crippen LogP contribution in [0.25, 0.3) is 0 Å². The smallest absolute Gasteiger partial charge is 0.276 e. The summed E-state index contributed by atoms with van der Waals surface area (Å²) in [6.45, 7) is 2.42. The highest BCUT2D eigenvalue weighted by Crippen LogP contribution is 2.27. The summed E-state index contributed by atoms with van der Waals surface area (Å²) in [5, 5.41) is 4.24. The van der Waals surface area contributed by atoms with Crippen LogP contribution in [0.1, 0.15) is 21.7 Å². The van der Waals surface area contributed by atoms with Crippen LogP contribution in [0.4, 0.5) is 5.69 Å². The summed E-state index contributed by atoms with van der Waals surface area (Å²) < 4.78 is 1.63. The van der Waals surface area contributed by atoms with Crippen LogP contribution >= 0.6 is 0 Å². The van der Waals surface area contributed by atoms with E-state index in [0.717, 1.165) is 23.4 Å². The quantitative estimate of drug-likeness (QED) is 0.848. The molecule has 1 atom stereocenters. The first-order valence-electron chi connectivity index (χ1n) is 6.72. The van der Waals surface area contributed by atoms with E-state index >= 15 is 0 Å². The molecule has 20 heavy (non-hydrogen) atoms. The number of hydrogen-bond acceptors (Lipinski definition) is 3. The number of carbonyl (C=O) groups excluding carboxylic acids is 1. The Balaban J connectivity index is 2.02. The standard InChI is InChI=1S/C15H18N4O/c1-10-7-14(18(2)17-10)15(20)19-9-12(16)8-11-5-3-4-6-13(11)19/h3-7,12H,8-9,16H2,1-2H3. The van der Waals surface area contributed by atoms with Crippen molar-refractivity contribution in [1.82, 2.24) is 9.78 Å². The number of aryl methyl sites for hydroxylation is 2. The molecule has 1 aliphatic rings. The van der Waals surface area contributed by atoms with Crippen LogP contribution < -0.4 is 10.6 Å². The molecule has 1 aromatic carbocycles. The van der Waals surface area contributed by atoms with Gasteiger partial charge in [-0.15, -0.1) is 0 Å². The van der Waals surface area contributed by atoms with Crippen molar-refractivity contribution in [2.24, 2.45) is 12.8 Å². The number of hydrogen-bond donors (Lipinski definition) is 1. The van der Waals surface area contributed by atoms with Crippen molar-refractivity contribution < 1.29 is 4.79 Å². The maximum Gasteiger partial charge on any atom is 0.276 e. The van der Waals surface area contributed by atoms with E-state index in [9.17, 15) is 4.79 Å². The Kier molecular flexibility index (Phi) is 3.06. The number of rotatable bonds is 1. The van der Waals surface area contributed by atoms with Crippen LogP contribution in [-0.4, -0.2) is 28.3 Å². The molecule has 5 heteroatoms. The van der Waals surface area contributed by atoms with E-state index in [1.165, 1.54) is 0 Å². The fourth-order valence-electron chi connectivity index (χ4n) is 2.77. The number of anilines is 1. The van der Waals surface area contributed by atoms with Gasteiger partial charge in [-0.1, -0.05) is 18.2 Å². The van der Waals surface area contributed by atoms with E-state index in [0.29, 0.717) is 12.2 Å². The Hall–Kier alpha value is -2.14. The number of fused-ring (bicyclic) bond motifs is 1. The minimum atomic E-state index is -0.0456. The van der Waals surface area contributed by atoms with Gasteiger partial charge in [0, 0.05) is 25.3 Å². The lowest BCUT2D eigenvalue weighted by atomic mass is 9.98. The van der Waals surface area contributed by atoms with Crippen LogP contribution in [0.15, 0.2) is 30.3 Å². The molecule has 0 aliphatic carbocycles. The fourth-order valence-corrected chi connectivity index (χ4v) is 2.77. The highest BCUT2D eigenvalue weighted by atomic mass is 16.2. The van der Waals surface area contributed by atoms with Crippen molar-refractivity contribution in [2.45, 2.75) is 19.4 Å². The Labute approximate surface area is 118 Å². The number of para-hydroxylation sites is 1. The SMILES string of the molecule is Cc1cc(C(=O)N2CC(N)Cc3ccccc32)n(C)n1. The summed E-state index contributed by atoms with van der Waals surface area (Å²) in [6.07, 6.45) is 0.810. The molecule has 104 valence electrons. The minimum absolute atomic E-state index is 0.0248. The second-order valence-electron chi connectivity index (χ2n) is 5.30. The number of nitrogens with zero attached hydrogens (tertiary/aromatic N) is 3. The van der Waals surface area contributed by atoms with E-state index in [1.54, 1.807) is 16.6 Å².